The Balaban J connectivity index is 2.51. The minimum atomic E-state index is -0.244. The van der Waals surface area contributed by atoms with Crippen LogP contribution in [0.5, 0.6) is 5.75 Å². The number of nitrogens with one attached hydrogen (secondary N) is 1. The summed E-state index contributed by atoms with van der Waals surface area (Å²) in [5.74, 6) is 6.35. The van der Waals surface area contributed by atoms with Crippen molar-refractivity contribution >= 4 is 34.5 Å². The number of hydrogen-bond acceptors (Lipinski definition) is 4. The molecule has 1 atom stereocenters. The number of ether oxygens (including phenoxy) is 1. The second-order valence-corrected chi connectivity index (χ2v) is 5.41. The van der Waals surface area contributed by atoms with E-state index >= 15 is 0 Å². The van der Waals surface area contributed by atoms with Gasteiger partial charge in [0, 0.05) is 15.5 Å². The molecular formula is C12H12Cl2N2OS. The van der Waals surface area contributed by atoms with E-state index in [2.05, 4.69) is 5.43 Å². The van der Waals surface area contributed by atoms with E-state index in [1.807, 2.05) is 23.6 Å². The predicted octanol–water partition coefficient (Wildman–Crippen LogP) is 3.62. The second kappa shape index (κ2) is 5.91. The van der Waals surface area contributed by atoms with Crippen molar-refractivity contribution in [1.29, 1.82) is 0 Å². The van der Waals surface area contributed by atoms with Crippen LogP contribution in [-0.2, 0) is 0 Å². The highest BCUT2D eigenvalue weighted by molar-refractivity contribution is 7.10. The van der Waals surface area contributed by atoms with Crippen LogP contribution in [-0.4, -0.2) is 7.11 Å². The van der Waals surface area contributed by atoms with Gasteiger partial charge in [0.15, 0.2) is 0 Å². The van der Waals surface area contributed by atoms with E-state index < -0.39 is 0 Å². The SMILES string of the molecule is COc1ccc(Cl)cc1C(NN)c1sccc1Cl. The van der Waals surface area contributed by atoms with Crippen LogP contribution in [0.25, 0.3) is 0 Å². The second-order valence-electron chi connectivity index (χ2n) is 3.62. The molecule has 6 heteroatoms. The van der Waals surface area contributed by atoms with Crippen LogP contribution < -0.4 is 16.0 Å². The summed E-state index contributed by atoms with van der Waals surface area (Å²) < 4.78 is 5.33. The Hall–Kier alpha value is -0.780. The lowest BCUT2D eigenvalue weighted by Crippen LogP contribution is -2.28. The predicted molar refractivity (Wildman–Crippen MR) is 76.5 cm³/mol. The number of hydrazine groups is 1. The number of thiophene rings is 1. The molecule has 3 nitrogen and oxygen atoms in total. The molecule has 0 saturated carbocycles. The van der Waals surface area contributed by atoms with Crippen molar-refractivity contribution in [3.05, 3.63) is 50.1 Å². The van der Waals surface area contributed by atoms with Gasteiger partial charge in [0.2, 0.25) is 0 Å². The Bertz CT molecular complexity index is 545. The molecule has 0 amide bonds. The largest absolute Gasteiger partial charge is 0.496 e. The number of rotatable bonds is 4. The van der Waals surface area contributed by atoms with Crippen molar-refractivity contribution in [3.63, 3.8) is 0 Å². The first-order valence-electron chi connectivity index (χ1n) is 5.19. The zero-order chi connectivity index (χ0) is 13.1. The van der Waals surface area contributed by atoms with E-state index in [9.17, 15) is 0 Å². The highest BCUT2D eigenvalue weighted by Crippen LogP contribution is 2.37. The summed E-state index contributed by atoms with van der Waals surface area (Å²) in [4.78, 5) is 0.930. The van der Waals surface area contributed by atoms with Crippen molar-refractivity contribution < 1.29 is 4.74 Å². The Morgan fingerprint density at radius 3 is 2.67 bits per heavy atom. The average Bonchev–Trinajstić information content (AvgIpc) is 2.77. The minimum absolute atomic E-state index is 0.244. The van der Waals surface area contributed by atoms with Crippen LogP contribution in [0.2, 0.25) is 10.0 Å². The molecule has 0 fully saturated rings. The molecule has 96 valence electrons. The van der Waals surface area contributed by atoms with Gasteiger partial charge in [-0.3, -0.25) is 5.84 Å². The first-order valence-corrected chi connectivity index (χ1v) is 6.83. The summed E-state index contributed by atoms with van der Waals surface area (Å²) >= 11 is 13.7. The van der Waals surface area contributed by atoms with Gasteiger partial charge in [-0.15, -0.1) is 11.3 Å². The summed E-state index contributed by atoms with van der Waals surface area (Å²) in [6.07, 6.45) is 0. The van der Waals surface area contributed by atoms with Gasteiger partial charge in [0.1, 0.15) is 5.75 Å². The quantitative estimate of drug-likeness (QED) is 0.670. The molecule has 0 aliphatic rings. The minimum Gasteiger partial charge on any atom is -0.496 e. The summed E-state index contributed by atoms with van der Waals surface area (Å²) in [5, 5.41) is 3.21. The van der Waals surface area contributed by atoms with Gasteiger partial charge in [0.25, 0.3) is 0 Å². The Kier molecular flexibility index (Phi) is 4.48. The molecule has 0 radical (unpaired) electrons. The molecule has 2 aromatic rings. The highest BCUT2D eigenvalue weighted by Gasteiger charge is 2.21. The van der Waals surface area contributed by atoms with E-state index in [1.54, 1.807) is 13.2 Å². The maximum Gasteiger partial charge on any atom is 0.124 e. The molecule has 0 aliphatic carbocycles. The standard InChI is InChI=1S/C12H12Cl2N2OS/c1-17-10-3-2-7(13)6-8(10)11(16-15)12-9(14)4-5-18-12/h2-6,11,16H,15H2,1H3. The molecule has 1 unspecified atom stereocenters. The summed E-state index contributed by atoms with van der Waals surface area (Å²) in [6.45, 7) is 0. The van der Waals surface area contributed by atoms with Crippen LogP contribution in [0.3, 0.4) is 0 Å². The zero-order valence-corrected chi connectivity index (χ0v) is 11.9. The third-order valence-corrected chi connectivity index (χ3v) is 4.23. The number of halogens is 2. The third-order valence-electron chi connectivity index (χ3n) is 2.58. The number of benzene rings is 1. The van der Waals surface area contributed by atoms with Crippen LogP contribution in [0.15, 0.2) is 29.6 Å². The maximum atomic E-state index is 6.14. The molecule has 0 spiro atoms. The van der Waals surface area contributed by atoms with Gasteiger partial charge >= 0.3 is 0 Å². The van der Waals surface area contributed by atoms with Crippen LogP contribution in [0.4, 0.5) is 0 Å². The van der Waals surface area contributed by atoms with E-state index in [1.165, 1.54) is 11.3 Å². The van der Waals surface area contributed by atoms with Gasteiger partial charge in [-0.2, -0.15) is 0 Å². The summed E-state index contributed by atoms with van der Waals surface area (Å²) in [6, 6.07) is 6.99. The fraction of sp³-hybridized carbons (Fsp3) is 0.167. The van der Waals surface area contributed by atoms with Gasteiger partial charge < -0.3 is 4.74 Å². The van der Waals surface area contributed by atoms with Crippen molar-refractivity contribution in [2.75, 3.05) is 7.11 Å². The molecule has 1 heterocycles. The van der Waals surface area contributed by atoms with E-state index in [0.717, 1.165) is 10.4 Å². The lowest BCUT2D eigenvalue weighted by Gasteiger charge is -2.18. The first kappa shape index (κ1) is 13.6. The molecule has 0 bridgehead atoms. The van der Waals surface area contributed by atoms with Gasteiger partial charge in [-0.05, 0) is 29.6 Å². The smallest absolute Gasteiger partial charge is 0.124 e. The normalized spacial score (nSPS) is 12.4. The van der Waals surface area contributed by atoms with E-state index in [4.69, 9.17) is 33.8 Å². The summed E-state index contributed by atoms with van der Waals surface area (Å²) in [7, 11) is 1.61. The summed E-state index contributed by atoms with van der Waals surface area (Å²) in [5.41, 5.74) is 3.61. The van der Waals surface area contributed by atoms with Gasteiger partial charge in [0.05, 0.1) is 18.2 Å². The average molecular weight is 303 g/mol. The van der Waals surface area contributed by atoms with Crippen LogP contribution in [0, 0.1) is 0 Å². The fourth-order valence-electron chi connectivity index (χ4n) is 1.75. The topological polar surface area (TPSA) is 47.3 Å². The molecule has 3 N–H and O–H groups in total. The van der Waals surface area contributed by atoms with Crippen LogP contribution >= 0.6 is 34.5 Å². The Morgan fingerprint density at radius 1 is 1.33 bits per heavy atom. The molecule has 0 aliphatic heterocycles. The molecule has 2 rings (SSSR count). The van der Waals surface area contributed by atoms with Crippen LogP contribution in [0.1, 0.15) is 16.5 Å². The Labute approximate surface area is 119 Å². The molecule has 0 saturated heterocycles. The lowest BCUT2D eigenvalue weighted by molar-refractivity contribution is 0.404. The molecule has 18 heavy (non-hydrogen) atoms. The van der Waals surface area contributed by atoms with Gasteiger partial charge in [-0.25, -0.2) is 5.43 Å². The van der Waals surface area contributed by atoms with Crippen molar-refractivity contribution in [2.24, 2.45) is 5.84 Å². The number of methoxy groups -OCH3 is 1. The maximum absolute atomic E-state index is 6.14. The zero-order valence-electron chi connectivity index (χ0n) is 9.61. The number of nitrogens with two attached hydrogens (primary N) is 1. The van der Waals surface area contributed by atoms with E-state index in [-0.39, 0.29) is 6.04 Å². The lowest BCUT2D eigenvalue weighted by atomic mass is 10.0. The third kappa shape index (κ3) is 2.63. The Morgan fingerprint density at radius 2 is 2.11 bits per heavy atom. The van der Waals surface area contributed by atoms with E-state index in [0.29, 0.717) is 15.8 Å². The first-order chi connectivity index (χ1) is 8.67. The van der Waals surface area contributed by atoms with Crippen molar-refractivity contribution in [2.45, 2.75) is 6.04 Å². The van der Waals surface area contributed by atoms with Gasteiger partial charge in [-0.1, -0.05) is 23.2 Å². The molecular weight excluding hydrogens is 291 g/mol. The number of hydrogen-bond donors (Lipinski definition) is 2. The molecule has 1 aromatic carbocycles. The molecule has 1 aromatic heterocycles. The fourth-order valence-corrected chi connectivity index (χ4v) is 3.17. The monoisotopic (exact) mass is 302 g/mol. The van der Waals surface area contributed by atoms with Crippen molar-refractivity contribution in [1.82, 2.24) is 5.43 Å². The van der Waals surface area contributed by atoms with Crippen molar-refractivity contribution in [3.8, 4) is 5.75 Å². The highest BCUT2D eigenvalue weighted by atomic mass is 35.5.